The van der Waals surface area contributed by atoms with E-state index in [1.54, 1.807) is 0 Å². The highest BCUT2D eigenvalue weighted by Gasteiger charge is 2.44. The van der Waals surface area contributed by atoms with Crippen molar-refractivity contribution in [2.75, 3.05) is 19.6 Å². The molecule has 0 bridgehead atoms. The predicted molar refractivity (Wildman–Crippen MR) is 80.9 cm³/mol. The topological polar surface area (TPSA) is 69.6 Å². The van der Waals surface area contributed by atoms with Gasteiger partial charge in [-0.2, -0.15) is 0 Å². The minimum atomic E-state index is -0.800. The fourth-order valence-electron chi connectivity index (χ4n) is 3.95. The molecule has 1 saturated heterocycles. The van der Waals surface area contributed by atoms with Crippen LogP contribution in [0.25, 0.3) is 0 Å². The molecule has 0 radical (unpaired) electrons. The van der Waals surface area contributed by atoms with E-state index in [-0.39, 0.29) is 17.9 Å². The first-order valence-corrected chi connectivity index (χ1v) is 8.32. The molecule has 120 valence electrons. The Morgan fingerprint density at radius 1 is 1.14 bits per heavy atom. The molecule has 0 aromatic carbocycles. The molecule has 5 heteroatoms. The van der Waals surface area contributed by atoms with Crippen LogP contribution in [0.2, 0.25) is 0 Å². The van der Waals surface area contributed by atoms with Gasteiger partial charge in [-0.25, -0.2) is 0 Å². The molecule has 2 rings (SSSR count). The molecule has 2 aliphatic rings. The molecule has 0 spiro atoms. The van der Waals surface area contributed by atoms with Gasteiger partial charge in [0, 0.05) is 12.6 Å². The second-order valence-corrected chi connectivity index (χ2v) is 6.40. The zero-order valence-corrected chi connectivity index (χ0v) is 13.2. The van der Waals surface area contributed by atoms with Gasteiger partial charge in [0.05, 0.1) is 11.8 Å². The Bertz CT molecular complexity index is 380. The molecule has 0 aromatic heterocycles. The number of aliphatic carboxylic acids is 1. The lowest BCUT2D eigenvalue weighted by atomic mass is 9.93. The molecule has 21 heavy (non-hydrogen) atoms. The minimum Gasteiger partial charge on any atom is -0.481 e. The molecule has 0 aromatic rings. The third-order valence-corrected chi connectivity index (χ3v) is 5.25. The van der Waals surface area contributed by atoms with Crippen molar-refractivity contribution in [2.24, 2.45) is 17.8 Å². The standard InChI is InChI=1S/C16H28N2O3/c1-3-11-9-13(14(10-11)16(20)21)15(19)18(4-2)12-5-7-17-8-6-12/h11-14,17H,3-10H2,1-2H3,(H,20,21)/t11?,13-,14+/m0/s1. The summed E-state index contributed by atoms with van der Waals surface area (Å²) in [5.41, 5.74) is 0. The summed E-state index contributed by atoms with van der Waals surface area (Å²) in [6.07, 6.45) is 4.31. The fraction of sp³-hybridized carbons (Fsp3) is 0.875. The molecule has 2 N–H and O–H groups in total. The summed E-state index contributed by atoms with van der Waals surface area (Å²) in [5.74, 6) is -1.15. The zero-order chi connectivity index (χ0) is 15.4. The normalized spacial score (nSPS) is 30.3. The monoisotopic (exact) mass is 296 g/mol. The van der Waals surface area contributed by atoms with E-state index in [2.05, 4.69) is 12.2 Å². The maximum Gasteiger partial charge on any atom is 0.307 e. The maximum absolute atomic E-state index is 12.9. The van der Waals surface area contributed by atoms with Gasteiger partial charge in [-0.15, -0.1) is 0 Å². The van der Waals surface area contributed by atoms with Crippen molar-refractivity contribution in [2.45, 2.75) is 52.0 Å². The number of carboxylic acids is 1. The molecule has 1 amide bonds. The van der Waals surface area contributed by atoms with Crippen LogP contribution in [0.4, 0.5) is 0 Å². The van der Waals surface area contributed by atoms with Gasteiger partial charge in [0.2, 0.25) is 5.91 Å². The van der Waals surface area contributed by atoms with E-state index in [9.17, 15) is 14.7 Å². The molecule has 3 atom stereocenters. The number of nitrogens with zero attached hydrogens (tertiary/aromatic N) is 1. The van der Waals surface area contributed by atoms with Gasteiger partial charge in [0.1, 0.15) is 0 Å². The Hall–Kier alpha value is -1.10. The summed E-state index contributed by atoms with van der Waals surface area (Å²) in [5, 5.41) is 12.7. The summed E-state index contributed by atoms with van der Waals surface area (Å²) in [6.45, 7) is 6.66. The summed E-state index contributed by atoms with van der Waals surface area (Å²) in [6, 6.07) is 0.277. The predicted octanol–water partition coefficient (Wildman–Crippen LogP) is 1.72. The number of rotatable bonds is 5. The number of carbonyl (C=O) groups excluding carboxylic acids is 1. The van der Waals surface area contributed by atoms with Crippen LogP contribution in [0, 0.1) is 17.8 Å². The largest absolute Gasteiger partial charge is 0.481 e. The molecule has 5 nitrogen and oxygen atoms in total. The highest BCUT2D eigenvalue weighted by molar-refractivity contribution is 5.85. The van der Waals surface area contributed by atoms with Crippen molar-refractivity contribution in [1.29, 1.82) is 0 Å². The lowest BCUT2D eigenvalue weighted by molar-refractivity contribution is -0.150. The first kappa shape index (κ1) is 16.3. The van der Waals surface area contributed by atoms with Gasteiger partial charge < -0.3 is 15.3 Å². The van der Waals surface area contributed by atoms with Crippen LogP contribution in [0.1, 0.15) is 46.0 Å². The number of hydrogen-bond acceptors (Lipinski definition) is 3. The van der Waals surface area contributed by atoms with E-state index in [1.165, 1.54) is 0 Å². The number of nitrogens with one attached hydrogen (secondary N) is 1. The summed E-state index contributed by atoms with van der Waals surface area (Å²) in [7, 11) is 0. The maximum atomic E-state index is 12.9. The quantitative estimate of drug-likeness (QED) is 0.810. The van der Waals surface area contributed by atoms with Crippen molar-refractivity contribution >= 4 is 11.9 Å². The minimum absolute atomic E-state index is 0.0766. The molecular formula is C16H28N2O3. The second kappa shape index (κ2) is 7.25. The average Bonchev–Trinajstić information content (AvgIpc) is 2.93. The van der Waals surface area contributed by atoms with E-state index >= 15 is 0 Å². The Morgan fingerprint density at radius 2 is 1.76 bits per heavy atom. The van der Waals surface area contributed by atoms with E-state index in [0.29, 0.717) is 18.9 Å². The highest BCUT2D eigenvalue weighted by Crippen LogP contribution is 2.39. The third-order valence-electron chi connectivity index (χ3n) is 5.25. The SMILES string of the molecule is CCC1C[C@H](C(=O)N(CC)C2CCNCC2)[C@H](C(=O)O)C1. The van der Waals surface area contributed by atoms with Crippen LogP contribution < -0.4 is 5.32 Å². The first-order valence-electron chi connectivity index (χ1n) is 8.32. The van der Waals surface area contributed by atoms with Gasteiger partial charge in [0.25, 0.3) is 0 Å². The van der Waals surface area contributed by atoms with Crippen LogP contribution in [0.3, 0.4) is 0 Å². The highest BCUT2D eigenvalue weighted by atomic mass is 16.4. The van der Waals surface area contributed by atoms with Crippen molar-refractivity contribution in [3.63, 3.8) is 0 Å². The number of hydrogen-bond donors (Lipinski definition) is 2. The van der Waals surface area contributed by atoms with Crippen LogP contribution >= 0.6 is 0 Å². The van der Waals surface area contributed by atoms with Crippen LogP contribution in [-0.4, -0.2) is 47.6 Å². The van der Waals surface area contributed by atoms with Crippen LogP contribution in [-0.2, 0) is 9.59 Å². The van der Waals surface area contributed by atoms with Crippen molar-refractivity contribution in [3.05, 3.63) is 0 Å². The van der Waals surface area contributed by atoms with Crippen molar-refractivity contribution < 1.29 is 14.7 Å². The third kappa shape index (κ3) is 3.57. The summed E-state index contributed by atoms with van der Waals surface area (Å²) in [4.78, 5) is 26.3. The van der Waals surface area contributed by atoms with Crippen LogP contribution in [0.15, 0.2) is 0 Å². The molecule has 1 aliphatic heterocycles. The smallest absolute Gasteiger partial charge is 0.307 e. The average molecular weight is 296 g/mol. The Labute approximate surface area is 127 Å². The lowest BCUT2D eigenvalue weighted by Crippen LogP contribution is -2.49. The van der Waals surface area contributed by atoms with Gasteiger partial charge in [-0.3, -0.25) is 9.59 Å². The molecule has 1 aliphatic carbocycles. The number of piperidine rings is 1. The zero-order valence-electron chi connectivity index (χ0n) is 13.2. The van der Waals surface area contributed by atoms with E-state index in [0.717, 1.165) is 38.8 Å². The van der Waals surface area contributed by atoms with Crippen molar-refractivity contribution in [3.8, 4) is 0 Å². The summed E-state index contributed by atoms with van der Waals surface area (Å²) >= 11 is 0. The Kier molecular flexibility index (Phi) is 5.62. The number of amides is 1. The number of carbonyl (C=O) groups is 2. The lowest BCUT2D eigenvalue weighted by Gasteiger charge is -2.36. The Balaban J connectivity index is 2.09. The van der Waals surface area contributed by atoms with E-state index in [4.69, 9.17) is 0 Å². The van der Waals surface area contributed by atoms with Gasteiger partial charge in [-0.05, 0) is 51.6 Å². The van der Waals surface area contributed by atoms with E-state index in [1.807, 2.05) is 11.8 Å². The van der Waals surface area contributed by atoms with Gasteiger partial charge in [0.15, 0.2) is 0 Å². The van der Waals surface area contributed by atoms with E-state index < -0.39 is 11.9 Å². The molecular weight excluding hydrogens is 268 g/mol. The molecule has 1 heterocycles. The second-order valence-electron chi connectivity index (χ2n) is 6.40. The van der Waals surface area contributed by atoms with Crippen molar-refractivity contribution in [1.82, 2.24) is 10.2 Å². The van der Waals surface area contributed by atoms with Crippen LogP contribution in [0.5, 0.6) is 0 Å². The first-order chi connectivity index (χ1) is 10.1. The van der Waals surface area contributed by atoms with Gasteiger partial charge in [-0.1, -0.05) is 13.3 Å². The Morgan fingerprint density at radius 3 is 2.29 bits per heavy atom. The fourth-order valence-corrected chi connectivity index (χ4v) is 3.95. The molecule has 1 unspecified atom stereocenters. The molecule has 2 fully saturated rings. The molecule has 1 saturated carbocycles. The number of carboxylic acid groups (broad SMARTS) is 1. The summed E-state index contributed by atoms with van der Waals surface area (Å²) < 4.78 is 0. The van der Waals surface area contributed by atoms with Gasteiger partial charge >= 0.3 is 5.97 Å².